The van der Waals surface area contributed by atoms with Gasteiger partial charge in [0.05, 0.1) is 5.03 Å². The Morgan fingerprint density at radius 3 is 2.57 bits per heavy atom. The number of Topliss-reactive ketones (excluding diaryl/α,β-unsaturated/α-hetero) is 1. The summed E-state index contributed by atoms with van der Waals surface area (Å²) in [5.41, 5.74) is 0.430. The molecule has 1 aliphatic rings. The van der Waals surface area contributed by atoms with Crippen molar-refractivity contribution >= 4 is 23.2 Å². The lowest BCUT2D eigenvalue weighted by Gasteiger charge is -2.10. The first-order valence-electron chi connectivity index (χ1n) is 3.89. The summed E-state index contributed by atoms with van der Waals surface area (Å²) in [6.45, 7) is 0. The summed E-state index contributed by atoms with van der Waals surface area (Å²) in [5.74, 6) is -0.793. The number of halogens is 1. The molecule has 1 N–H and O–H groups in total. The summed E-state index contributed by atoms with van der Waals surface area (Å²) in [4.78, 5) is 22.8. The van der Waals surface area contributed by atoms with Gasteiger partial charge in [-0.2, -0.15) is 0 Å². The van der Waals surface area contributed by atoms with E-state index in [2.05, 4.69) is 0 Å². The zero-order valence-corrected chi connectivity index (χ0v) is 7.71. The van der Waals surface area contributed by atoms with Crippen LogP contribution in [0.3, 0.4) is 0 Å². The summed E-state index contributed by atoms with van der Waals surface area (Å²) in [6, 6.07) is 4.00. The molecule has 0 heterocycles. The maximum Gasteiger partial charge on any atom is 0.205 e. The zero-order valence-electron chi connectivity index (χ0n) is 6.95. The number of carbonyl (C=O) groups excluding carboxylic acids is 2. The molecule has 0 aliphatic heterocycles. The minimum atomic E-state index is -0.388. The van der Waals surface area contributed by atoms with Crippen LogP contribution >= 0.6 is 11.6 Å². The number of aromatic hydroxyl groups is 1. The van der Waals surface area contributed by atoms with E-state index in [1.54, 1.807) is 0 Å². The first-order chi connectivity index (χ1) is 6.59. The number of hydrogen-bond donors (Lipinski definition) is 1. The van der Waals surface area contributed by atoms with Gasteiger partial charge in [0.25, 0.3) is 0 Å². The number of rotatable bonds is 0. The second-order valence-corrected chi connectivity index (χ2v) is 3.32. The molecule has 1 aromatic rings. The molecule has 0 radical (unpaired) electrons. The third-order valence-electron chi connectivity index (χ3n) is 1.99. The summed E-state index contributed by atoms with van der Waals surface area (Å²) in [7, 11) is 0. The van der Waals surface area contributed by atoms with Crippen LogP contribution in [0.4, 0.5) is 0 Å². The first kappa shape index (κ1) is 8.97. The molecule has 0 saturated carbocycles. The van der Waals surface area contributed by atoms with E-state index in [0.717, 1.165) is 6.08 Å². The van der Waals surface area contributed by atoms with Crippen LogP contribution in [0.25, 0.3) is 0 Å². The van der Waals surface area contributed by atoms with Crippen molar-refractivity contribution in [2.24, 2.45) is 0 Å². The van der Waals surface area contributed by atoms with E-state index in [1.807, 2.05) is 0 Å². The predicted octanol–water partition coefficient (Wildman–Crippen LogP) is 1.89. The third kappa shape index (κ3) is 1.22. The quantitative estimate of drug-likeness (QED) is 0.709. The van der Waals surface area contributed by atoms with Crippen molar-refractivity contribution in [1.29, 1.82) is 0 Å². The summed E-state index contributed by atoms with van der Waals surface area (Å²) < 4.78 is 0. The van der Waals surface area contributed by atoms with Gasteiger partial charge in [0.15, 0.2) is 5.78 Å². The molecular weight excluding hydrogens is 204 g/mol. The standard InChI is InChI=1S/C10H5ClO3/c11-8-4-9(13)7-3-5(12)1-2-6(7)10(8)14/h1-4,12H. The fourth-order valence-corrected chi connectivity index (χ4v) is 1.52. The fraction of sp³-hybridized carbons (Fsp3) is 0. The van der Waals surface area contributed by atoms with E-state index >= 15 is 0 Å². The smallest absolute Gasteiger partial charge is 0.205 e. The number of hydrogen-bond acceptors (Lipinski definition) is 3. The van der Waals surface area contributed by atoms with Gasteiger partial charge in [-0.25, -0.2) is 0 Å². The van der Waals surface area contributed by atoms with Gasteiger partial charge in [0.2, 0.25) is 5.78 Å². The number of benzene rings is 1. The van der Waals surface area contributed by atoms with E-state index in [1.165, 1.54) is 18.2 Å². The summed E-state index contributed by atoms with van der Waals surface area (Å²) >= 11 is 5.56. The molecular formula is C10H5ClO3. The van der Waals surface area contributed by atoms with Crippen LogP contribution in [0.5, 0.6) is 5.75 Å². The topological polar surface area (TPSA) is 54.4 Å². The number of fused-ring (bicyclic) bond motifs is 1. The Morgan fingerprint density at radius 1 is 1.14 bits per heavy atom. The van der Waals surface area contributed by atoms with Crippen molar-refractivity contribution < 1.29 is 14.7 Å². The maximum absolute atomic E-state index is 11.4. The van der Waals surface area contributed by atoms with Gasteiger partial charge in [-0.3, -0.25) is 9.59 Å². The van der Waals surface area contributed by atoms with Crippen molar-refractivity contribution in [3.8, 4) is 5.75 Å². The third-order valence-corrected chi connectivity index (χ3v) is 2.27. The van der Waals surface area contributed by atoms with Gasteiger partial charge in [0.1, 0.15) is 5.75 Å². The molecule has 1 aromatic carbocycles. The van der Waals surface area contributed by atoms with Gasteiger partial charge in [0, 0.05) is 17.2 Å². The second kappa shape index (κ2) is 2.96. The zero-order chi connectivity index (χ0) is 10.3. The largest absolute Gasteiger partial charge is 0.508 e. The van der Waals surface area contributed by atoms with E-state index in [4.69, 9.17) is 16.7 Å². The number of carbonyl (C=O) groups is 2. The number of allylic oxidation sites excluding steroid dienone is 2. The van der Waals surface area contributed by atoms with Crippen LogP contribution in [0.1, 0.15) is 20.7 Å². The SMILES string of the molecule is O=C1C=C(Cl)C(=O)c2ccc(O)cc21. The van der Waals surface area contributed by atoms with Gasteiger partial charge in [-0.1, -0.05) is 11.6 Å². The first-order valence-corrected chi connectivity index (χ1v) is 4.26. The Bertz CT molecular complexity index is 474. The molecule has 0 amide bonds. The predicted molar refractivity (Wildman–Crippen MR) is 50.7 cm³/mol. The molecule has 0 fully saturated rings. The van der Waals surface area contributed by atoms with Crippen LogP contribution in [0, 0.1) is 0 Å². The highest BCUT2D eigenvalue weighted by atomic mass is 35.5. The van der Waals surface area contributed by atoms with Crippen LogP contribution < -0.4 is 0 Å². The minimum absolute atomic E-state index is 0.0451. The summed E-state index contributed by atoms with van der Waals surface area (Å²) in [6.07, 6.45) is 1.06. The minimum Gasteiger partial charge on any atom is -0.508 e. The highest BCUT2D eigenvalue weighted by molar-refractivity contribution is 6.49. The number of ketones is 2. The van der Waals surface area contributed by atoms with Crippen LogP contribution in [0.2, 0.25) is 0 Å². The maximum atomic E-state index is 11.4. The average Bonchev–Trinajstić information content (AvgIpc) is 2.14. The van der Waals surface area contributed by atoms with Crippen molar-refractivity contribution in [2.75, 3.05) is 0 Å². The average molecular weight is 209 g/mol. The molecule has 70 valence electrons. The molecule has 0 unspecified atom stereocenters. The second-order valence-electron chi connectivity index (χ2n) is 2.92. The van der Waals surface area contributed by atoms with E-state index in [0.29, 0.717) is 0 Å². The van der Waals surface area contributed by atoms with Gasteiger partial charge >= 0.3 is 0 Å². The Labute approximate surface area is 84.6 Å². The van der Waals surface area contributed by atoms with E-state index in [-0.39, 0.29) is 33.5 Å². The Kier molecular flexibility index (Phi) is 1.89. The highest BCUT2D eigenvalue weighted by Gasteiger charge is 2.24. The lowest BCUT2D eigenvalue weighted by molar-refractivity contribution is 0.0990. The van der Waals surface area contributed by atoms with Gasteiger partial charge < -0.3 is 5.11 Å². The van der Waals surface area contributed by atoms with Gasteiger partial charge in [-0.15, -0.1) is 0 Å². The molecule has 0 atom stereocenters. The van der Waals surface area contributed by atoms with Crippen LogP contribution in [-0.4, -0.2) is 16.7 Å². The molecule has 0 saturated heterocycles. The van der Waals surface area contributed by atoms with Gasteiger partial charge in [-0.05, 0) is 18.2 Å². The number of phenolic OH excluding ortho intramolecular Hbond substituents is 1. The molecule has 14 heavy (non-hydrogen) atoms. The lowest BCUT2D eigenvalue weighted by atomic mass is 9.94. The van der Waals surface area contributed by atoms with E-state index in [9.17, 15) is 9.59 Å². The Morgan fingerprint density at radius 2 is 1.86 bits per heavy atom. The van der Waals surface area contributed by atoms with Crippen molar-refractivity contribution in [3.63, 3.8) is 0 Å². The van der Waals surface area contributed by atoms with Crippen molar-refractivity contribution in [3.05, 3.63) is 40.4 Å². The Hall–Kier alpha value is -1.61. The molecule has 4 heteroatoms. The van der Waals surface area contributed by atoms with Crippen molar-refractivity contribution in [1.82, 2.24) is 0 Å². The lowest BCUT2D eigenvalue weighted by Crippen LogP contribution is -2.14. The molecule has 1 aliphatic carbocycles. The van der Waals surface area contributed by atoms with E-state index < -0.39 is 0 Å². The molecule has 0 spiro atoms. The molecule has 0 aromatic heterocycles. The summed E-state index contributed by atoms with van der Waals surface area (Å²) in [5, 5.41) is 9.05. The Balaban J connectivity index is 2.69. The monoisotopic (exact) mass is 208 g/mol. The normalized spacial score (nSPS) is 15.1. The highest BCUT2D eigenvalue weighted by Crippen LogP contribution is 2.26. The number of phenols is 1. The molecule has 3 nitrogen and oxygen atoms in total. The fourth-order valence-electron chi connectivity index (χ4n) is 1.32. The molecule has 2 rings (SSSR count). The van der Waals surface area contributed by atoms with Crippen LogP contribution in [0.15, 0.2) is 29.3 Å². The van der Waals surface area contributed by atoms with Crippen LogP contribution in [-0.2, 0) is 0 Å². The van der Waals surface area contributed by atoms with Crippen molar-refractivity contribution in [2.45, 2.75) is 0 Å². The molecule has 0 bridgehead atoms.